The summed E-state index contributed by atoms with van der Waals surface area (Å²) in [4.78, 5) is 25.6. The Kier molecular flexibility index (Phi) is 3.50. The van der Waals surface area contributed by atoms with Gasteiger partial charge in [0, 0.05) is 19.5 Å². The standard InChI is InChI=1S/C15H24N2O2/c16-15(19)12-2-1-7-17(9-12)14(18)8-13(10-3-4-10)11-5-6-11/h10-13H,1-9H2,(H2,16,19)/t12-/m1/s1. The summed E-state index contributed by atoms with van der Waals surface area (Å²) in [5, 5.41) is 0. The lowest BCUT2D eigenvalue weighted by Crippen LogP contribution is -2.44. The molecule has 1 heterocycles. The van der Waals surface area contributed by atoms with Crippen LogP contribution in [0.3, 0.4) is 0 Å². The highest BCUT2D eigenvalue weighted by atomic mass is 16.2. The van der Waals surface area contributed by atoms with E-state index in [1.54, 1.807) is 0 Å². The zero-order valence-electron chi connectivity index (χ0n) is 11.5. The van der Waals surface area contributed by atoms with Crippen LogP contribution in [0, 0.1) is 23.7 Å². The first-order chi connectivity index (χ1) is 9.15. The fourth-order valence-electron chi connectivity index (χ4n) is 3.53. The molecular formula is C15H24N2O2. The lowest BCUT2D eigenvalue weighted by Gasteiger charge is -2.32. The number of nitrogens with zero attached hydrogens (tertiary/aromatic N) is 1. The van der Waals surface area contributed by atoms with Gasteiger partial charge in [-0.15, -0.1) is 0 Å². The van der Waals surface area contributed by atoms with E-state index in [-0.39, 0.29) is 17.7 Å². The van der Waals surface area contributed by atoms with Crippen LogP contribution in [0.15, 0.2) is 0 Å². The molecule has 3 rings (SSSR count). The molecule has 2 amide bonds. The maximum absolute atomic E-state index is 12.4. The van der Waals surface area contributed by atoms with Gasteiger partial charge in [-0.3, -0.25) is 9.59 Å². The number of hydrogen-bond donors (Lipinski definition) is 1. The zero-order valence-corrected chi connectivity index (χ0v) is 11.5. The number of nitrogens with two attached hydrogens (primary N) is 1. The summed E-state index contributed by atoms with van der Waals surface area (Å²) in [6.07, 6.45) is 7.74. The topological polar surface area (TPSA) is 63.4 Å². The molecule has 4 heteroatoms. The van der Waals surface area contributed by atoms with Crippen molar-refractivity contribution in [2.45, 2.75) is 44.9 Å². The van der Waals surface area contributed by atoms with Gasteiger partial charge in [-0.1, -0.05) is 0 Å². The van der Waals surface area contributed by atoms with Crippen LogP contribution < -0.4 is 5.73 Å². The summed E-state index contributed by atoms with van der Waals surface area (Å²) in [6.45, 7) is 1.36. The highest BCUT2D eigenvalue weighted by Crippen LogP contribution is 2.50. The van der Waals surface area contributed by atoms with Crippen LogP contribution in [-0.4, -0.2) is 29.8 Å². The average molecular weight is 264 g/mol. The fourth-order valence-corrected chi connectivity index (χ4v) is 3.53. The van der Waals surface area contributed by atoms with Crippen LogP contribution >= 0.6 is 0 Å². The molecule has 0 aromatic heterocycles. The van der Waals surface area contributed by atoms with Crippen molar-refractivity contribution in [2.75, 3.05) is 13.1 Å². The molecule has 0 spiro atoms. The summed E-state index contributed by atoms with van der Waals surface area (Å²) in [5.41, 5.74) is 5.37. The van der Waals surface area contributed by atoms with Crippen LogP contribution in [0.1, 0.15) is 44.9 Å². The van der Waals surface area contributed by atoms with Crippen LogP contribution in [-0.2, 0) is 9.59 Å². The van der Waals surface area contributed by atoms with E-state index >= 15 is 0 Å². The van der Waals surface area contributed by atoms with Crippen molar-refractivity contribution < 1.29 is 9.59 Å². The third kappa shape index (κ3) is 3.10. The molecule has 0 aromatic carbocycles. The number of likely N-dealkylation sites (tertiary alicyclic amines) is 1. The first-order valence-electron chi connectivity index (χ1n) is 7.72. The predicted octanol–water partition coefficient (Wildman–Crippen LogP) is 1.54. The summed E-state index contributed by atoms with van der Waals surface area (Å²) in [7, 11) is 0. The number of hydrogen-bond acceptors (Lipinski definition) is 2. The number of amides is 2. The normalized spacial score (nSPS) is 27.6. The molecule has 2 aliphatic carbocycles. The number of primary amides is 1. The maximum atomic E-state index is 12.4. The second kappa shape index (κ2) is 5.14. The number of carbonyl (C=O) groups excluding carboxylic acids is 2. The van der Waals surface area contributed by atoms with E-state index in [0.29, 0.717) is 18.9 Å². The van der Waals surface area contributed by atoms with Crippen LogP contribution in [0.25, 0.3) is 0 Å². The molecule has 1 saturated heterocycles. The first kappa shape index (κ1) is 12.9. The average Bonchev–Trinajstić information content (AvgIpc) is 3.29. The van der Waals surface area contributed by atoms with Crippen LogP contribution in [0.5, 0.6) is 0 Å². The highest BCUT2D eigenvalue weighted by molar-refractivity contribution is 5.80. The van der Waals surface area contributed by atoms with Crippen molar-refractivity contribution in [3.8, 4) is 0 Å². The Morgan fingerprint density at radius 1 is 1.11 bits per heavy atom. The van der Waals surface area contributed by atoms with Gasteiger partial charge in [0.05, 0.1) is 5.92 Å². The molecule has 19 heavy (non-hydrogen) atoms. The number of rotatable bonds is 5. The van der Waals surface area contributed by atoms with E-state index in [2.05, 4.69) is 0 Å². The minimum Gasteiger partial charge on any atom is -0.369 e. The molecular weight excluding hydrogens is 240 g/mol. The molecule has 1 atom stereocenters. The quantitative estimate of drug-likeness (QED) is 0.818. The van der Waals surface area contributed by atoms with E-state index in [0.717, 1.165) is 31.2 Å². The maximum Gasteiger partial charge on any atom is 0.222 e. The van der Waals surface area contributed by atoms with E-state index in [9.17, 15) is 9.59 Å². The van der Waals surface area contributed by atoms with Gasteiger partial charge in [0.25, 0.3) is 0 Å². The minimum atomic E-state index is -0.251. The van der Waals surface area contributed by atoms with Gasteiger partial charge >= 0.3 is 0 Å². The van der Waals surface area contributed by atoms with Gasteiger partial charge in [-0.2, -0.15) is 0 Å². The van der Waals surface area contributed by atoms with Crippen LogP contribution in [0.4, 0.5) is 0 Å². The summed E-state index contributed by atoms with van der Waals surface area (Å²) in [5.74, 6) is 2.13. The van der Waals surface area contributed by atoms with Crippen molar-refractivity contribution in [3.63, 3.8) is 0 Å². The van der Waals surface area contributed by atoms with E-state index in [1.807, 2.05) is 4.90 Å². The second-order valence-electron chi connectivity index (χ2n) is 6.62. The van der Waals surface area contributed by atoms with E-state index in [1.165, 1.54) is 25.7 Å². The Labute approximate surface area is 114 Å². The minimum absolute atomic E-state index is 0.127. The molecule has 4 nitrogen and oxygen atoms in total. The van der Waals surface area contributed by atoms with Gasteiger partial charge in [0.1, 0.15) is 0 Å². The molecule has 2 saturated carbocycles. The third-order valence-corrected chi connectivity index (χ3v) is 5.04. The number of piperidine rings is 1. The van der Waals surface area contributed by atoms with Crippen molar-refractivity contribution in [1.29, 1.82) is 0 Å². The molecule has 2 N–H and O–H groups in total. The monoisotopic (exact) mass is 264 g/mol. The third-order valence-electron chi connectivity index (χ3n) is 5.04. The molecule has 0 aromatic rings. The second-order valence-corrected chi connectivity index (χ2v) is 6.62. The molecule has 3 aliphatic rings. The van der Waals surface area contributed by atoms with Gasteiger partial charge in [0.15, 0.2) is 0 Å². The van der Waals surface area contributed by atoms with Crippen molar-refractivity contribution in [3.05, 3.63) is 0 Å². The Hall–Kier alpha value is -1.06. The van der Waals surface area contributed by atoms with Gasteiger partial charge < -0.3 is 10.6 Å². The van der Waals surface area contributed by atoms with Crippen molar-refractivity contribution in [1.82, 2.24) is 4.90 Å². The predicted molar refractivity (Wildman–Crippen MR) is 72.1 cm³/mol. The zero-order chi connectivity index (χ0) is 13.4. The summed E-state index contributed by atoms with van der Waals surface area (Å²) in [6, 6.07) is 0. The Morgan fingerprint density at radius 2 is 1.74 bits per heavy atom. The lowest BCUT2D eigenvalue weighted by atomic mass is 9.92. The Bertz CT molecular complexity index is 362. The van der Waals surface area contributed by atoms with Gasteiger partial charge in [-0.25, -0.2) is 0 Å². The lowest BCUT2D eigenvalue weighted by molar-refractivity contribution is -0.136. The summed E-state index contributed by atoms with van der Waals surface area (Å²) < 4.78 is 0. The Morgan fingerprint density at radius 3 is 2.26 bits per heavy atom. The molecule has 0 bridgehead atoms. The van der Waals surface area contributed by atoms with Crippen molar-refractivity contribution in [2.24, 2.45) is 29.4 Å². The number of carbonyl (C=O) groups is 2. The SMILES string of the molecule is NC(=O)[C@@H]1CCCN(C(=O)CC(C2CC2)C2CC2)C1. The van der Waals surface area contributed by atoms with E-state index < -0.39 is 0 Å². The van der Waals surface area contributed by atoms with Crippen LogP contribution in [0.2, 0.25) is 0 Å². The van der Waals surface area contributed by atoms with Gasteiger partial charge in [0.2, 0.25) is 11.8 Å². The van der Waals surface area contributed by atoms with Gasteiger partial charge in [-0.05, 0) is 56.3 Å². The first-order valence-corrected chi connectivity index (χ1v) is 7.72. The largest absolute Gasteiger partial charge is 0.369 e. The van der Waals surface area contributed by atoms with Crippen molar-refractivity contribution >= 4 is 11.8 Å². The molecule has 1 aliphatic heterocycles. The summed E-state index contributed by atoms with van der Waals surface area (Å²) >= 11 is 0. The highest BCUT2D eigenvalue weighted by Gasteiger charge is 2.43. The molecule has 0 radical (unpaired) electrons. The molecule has 3 fully saturated rings. The van der Waals surface area contributed by atoms with E-state index in [4.69, 9.17) is 5.73 Å². The molecule has 106 valence electrons. The molecule has 0 unspecified atom stereocenters. The fraction of sp³-hybridized carbons (Fsp3) is 0.867. The smallest absolute Gasteiger partial charge is 0.222 e. The Balaban J connectivity index is 1.55.